The second-order valence-corrected chi connectivity index (χ2v) is 4.65. The summed E-state index contributed by atoms with van der Waals surface area (Å²) in [6.07, 6.45) is 0. The van der Waals surface area contributed by atoms with E-state index < -0.39 is 0 Å². The van der Waals surface area contributed by atoms with Gasteiger partial charge in [0.1, 0.15) is 0 Å². The summed E-state index contributed by atoms with van der Waals surface area (Å²) in [5, 5.41) is 17.3. The molecule has 4 aliphatic rings. The van der Waals surface area contributed by atoms with Gasteiger partial charge in [0.15, 0.2) is 0 Å². The largest absolute Gasteiger partial charge is 0.380 e. The minimum absolute atomic E-state index is 0.265. The Morgan fingerprint density at radius 2 is 1.38 bits per heavy atom. The van der Waals surface area contributed by atoms with Gasteiger partial charge in [0.05, 0.1) is 0 Å². The highest BCUT2D eigenvalue weighted by Crippen LogP contribution is 2.14. The molecule has 4 aliphatic heterocycles. The summed E-state index contributed by atoms with van der Waals surface area (Å²) in [6.45, 7) is 0. The lowest BCUT2D eigenvalue weighted by Crippen LogP contribution is -2.95. The number of nitrogens with zero attached hydrogens (tertiary/aromatic N) is 3. The van der Waals surface area contributed by atoms with E-state index >= 15 is 0 Å². The molecule has 0 bridgehead atoms. The molecule has 8 nitrogen and oxygen atoms in total. The summed E-state index contributed by atoms with van der Waals surface area (Å²) in [5.74, 6) is 0. The molecule has 0 aromatic heterocycles. The highest BCUT2D eigenvalue weighted by Gasteiger charge is 2.55. The molecule has 0 aromatic carbocycles. The third-order valence-electron chi connectivity index (χ3n) is 3.71. The summed E-state index contributed by atoms with van der Waals surface area (Å²) >= 11 is 0. The second-order valence-electron chi connectivity index (χ2n) is 4.65. The van der Waals surface area contributed by atoms with Crippen LogP contribution in [0, 0.1) is 0 Å². The summed E-state index contributed by atoms with van der Waals surface area (Å²) in [6, 6.07) is 0. The Kier molecular flexibility index (Phi) is 2.45. The highest BCUT2D eigenvalue weighted by atomic mass is 15.4. The van der Waals surface area contributed by atoms with Crippen molar-refractivity contribution in [2.75, 3.05) is 0 Å². The molecule has 4 fully saturated rings. The monoisotopic (exact) mass is 210 g/mol. The van der Waals surface area contributed by atoms with Crippen LogP contribution in [0.25, 0.3) is 0 Å². The molecule has 4 rings (SSSR count). The molecule has 0 aromatic rings. The molecule has 74 valence electrons. The van der Waals surface area contributed by atoms with Gasteiger partial charge in [-0.25, -0.2) is 0 Å². The van der Waals surface area contributed by atoms with Gasteiger partial charge in [-0.15, -0.1) is 0 Å². The second kappa shape index (κ2) is 3.85. The predicted octanol–water partition coefficient (Wildman–Crippen LogP) is -7.82. The number of rotatable bonds is 0. The Morgan fingerprint density at radius 1 is 0.750 bits per heavy atom. The summed E-state index contributed by atoms with van der Waals surface area (Å²) in [7, 11) is 5.51. The number of nitrogens with one attached hydrogen (secondary N) is 5. The zero-order valence-electron chi connectivity index (χ0n) is 9.11. The van der Waals surface area contributed by atoms with Crippen LogP contribution in [0.5, 0.6) is 0 Å². The van der Waals surface area contributed by atoms with Gasteiger partial charge in [-0.1, -0.05) is 0 Å². The zero-order valence-corrected chi connectivity index (χ0v) is 9.11. The topological polar surface area (TPSA) is 69.9 Å². The van der Waals surface area contributed by atoms with E-state index in [0.717, 1.165) is 37.7 Å². The van der Waals surface area contributed by atoms with E-state index in [1.807, 2.05) is 0 Å². The first-order valence-corrected chi connectivity index (χ1v) is 5.83. The van der Waals surface area contributed by atoms with Crippen LogP contribution >= 0.6 is 0 Å². The average Bonchev–Trinajstić information content (AvgIpc) is 2.36. The van der Waals surface area contributed by atoms with E-state index in [1.54, 1.807) is 0 Å². The van der Waals surface area contributed by atoms with E-state index in [1.165, 1.54) is 0 Å². The van der Waals surface area contributed by atoms with Crippen molar-refractivity contribution in [3.05, 3.63) is 0 Å². The SMILES string of the molecule is B1NB2NBN3BNBN4BNB(N1)N2B34. The molecule has 5 N–H and O–H groups in total. The van der Waals surface area contributed by atoms with Crippen molar-refractivity contribution in [1.82, 2.24) is 39.6 Å². The molecule has 0 radical (unpaired) electrons. The third kappa shape index (κ3) is 1.39. The molecule has 0 saturated carbocycles. The maximum atomic E-state index is 3.50. The number of hydrogen-bond donors (Lipinski definition) is 5. The molecule has 0 spiro atoms. The summed E-state index contributed by atoms with van der Waals surface area (Å²) in [4.78, 5) is 0. The van der Waals surface area contributed by atoms with E-state index in [-0.39, 0.29) is 14.2 Å². The van der Waals surface area contributed by atoms with Crippen LogP contribution in [0.4, 0.5) is 0 Å². The van der Waals surface area contributed by atoms with Gasteiger partial charge in [0, 0.05) is 0 Å². The van der Waals surface area contributed by atoms with Crippen LogP contribution in [0.15, 0.2) is 0 Å². The molecule has 4 saturated heterocycles. The molecule has 0 amide bonds. The maximum Gasteiger partial charge on any atom is 0.358 e. The minimum Gasteiger partial charge on any atom is -0.380 e. The van der Waals surface area contributed by atoms with Crippen molar-refractivity contribution >= 4 is 59.1 Å². The Labute approximate surface area is 99.2 Å². The van der Waals surface area contributed by atoms with Crippen molar-refractivity contribution in [1.29, 1.82) is 0 Å². The molecular formula is H10B8N8. The molecule has 4 heterocycles. The van der Waals surface area contributed by atoms with Crippen LogP contribution < -0.4 is 25.7 Å². The van der Waals surface area contributed by atoms with E-state index in [2.05, 4.69) is 39.6 Å². The molecule has 0 atom stereocenters. The molecule has 0 unspecified atom stereocenters. The lowest BCUT2D eigenvalue weighted by molar-refractivity contribution is 0.663. The van der Waals surface area contributed by atoms with Gasteiger partial charge in [-0.05, 0) is 0 Å². The molecule has 16 heteroatoms. The average molecular weight is 209 g/mol. The van der Waals surface area contributed by atoms with Crippen LogP contribution in [0.3, 0.4) is 0 Å². The van der Waals surface area contributed by atoms with Gasteiger partial charge in [0.25, 0.3) is 37.7 Å². The first kappa shape index (κ1) is 10.2. The first-order chi connectivity index (χ1) is 7.93. The smallest absolute Gasteiger partial charge is 0.358 e. The quantitative estimate of drug-likeness (QED) is 0.252. The van der Waals surface area contributed by atoms with E-state index in [9.17, 15) is 0 Å². The van der Waals surface area contributed by atoms with Gasteiger partial charge < -0.3 is 39.6 Å². The lowest BCUT2D eigenvalue weighted by atomic mass is 9.42. The fraction of sp³-hybridized carbons (Fsp3) is 0. The van der Waals surface area contributed by atoms with Crippen LogP contribution in [-0.2, 0) is 0 Å². The van der Waals surface area contributed by atoms with Crippen molar-refractivity contribution in [3.8, 4) is 0 Å². The zero-order chi connectivity index (χ0) is 10.5. The van der Waals surface area contributed by atoms with Crippen molar-refractivity contribution in [2.45, 2.75) is 0 Å². The Balaban J connectivity index is 1.67. The highest BCUT2D eigenvalue weighted by molar-refractivity contribution is 7.03. The Bertz CT molecular complexity index is 233. The summed E-state index contributed by atoms with van der Waals surface area (Å²) < 4.78 is 7.22. The molecular weight excluding hydrogens is 199 g/mol. The van der Waals surface area contributed by atoms with E-state index in [4.69, 9.17) is 0 Å². The fourth-order valence-corrected chi connectivity index (χ4v) is 3.03. The Hall–Kier alpha value is 0.199. The van der Waals surface area contributed by atoms with Crippen LogP contribution in [-0.4, -0.2) is 73.0 Å². The van der Waals surface area contributed by atoms with Crippen molar-refractivity contribution in [2.24, 2.45) is 0 Å². The van der Waals surface area contributed by atoms with Gasteiger partial charge in [-0.3, -0.25) is 0 Å². The van der Waals surface area contributed by atoms with Gasteiger partial charge >= 0.3 is 21.4 Å². The first-order valence-electron chi connectivity index (χ1n) is 5.83. The Morgan fingerprint density at radius 3 is 2.00 bits per heavy atom. The van der Waals surface area contributed by atoms with E-state index in [0.29, 0.717) is 7.12 Å². The maximum absolute atomic E-state index is 3.50. The minimum atomic E-state index is 0.265. The van der Waals surface area contributed by atoms with Gasteiger partial charge in [0.2, 0.25) is 0 Å². The summed E-state index contributed by atoms with van der Waals surface area (Å²) in [5.41, 5.74) is 0. The fourth-order valence-electron chi connectivity index (χ4n) is 3.03. The van der Waals surface area contributed by atoms with Crippen molar-refractivity contribution in [3.63, 3.8) is 0 Å². The normalized spacial score (nSPS) is 29.4. The molecule has 16 heavy (non-hydrogen) atoms. The van der Waals surface area contributed by atoms with Crippen LogP contribution in [0.2, 0.25) is 0 Å². The third-order valence-corrected chi connectivity index (χ3v) is 3.71. The van der Waals surface area contributed by atoms with Gasteiger partial charge in [-0.2, -0.15) is 0 Å². The molecule has 0 aliphatic carbocycles. The van der Waals surface area contributed by atoms with Crippen molar-refractivity contribution < 1.29 is 0 Å². The lowest BCUT2D eigenvalue weighted by Gasteiger charge is -2.58. The standard InChI is InChI=1S/B8H10N8/c1-10-6-12-4-14-2-9-3-15-5-13-7(11-1)16(6)8(14)15/h1-5,9-13H. The number of hydrogen-bond acceptors (Lipinski definition) is 8. The predicted molar refractivity (Wildman–Crippen MR) is 74.2 cm³/mol. The van der Waals surface area contributed by atoms with Crippen LogP contribution in [0.1, 0.15) is 0 Å².